The van der Waals surface area contributed by atoms with Crippen molar-refractivity contribution < 1.29 is 8.78 Å². The largest absolute Gasteiger partial charge is 0.364 e. The van der Waals surface area contributed by atoms with Crippen molar-refractivity contribution >= 4 is 18.2 Å². The van der Waals surface area contributed by atoms with Gasteiger partial charge in [-0.2, -0.15) is 5.10 Å². The Bertz CT molecular complexity index is 521. The molecule has 0 fully saturated rings. The van der Waals surface area contributed by atoms with Gasteiger partial charge in [-0.3, -0.25) is 4.68 Å². The van der Waals surface area contributed by atoms with Crippen molar-refractivity contribution in [2.24, 2.45) is 7.05 Å². The fraction of sp³-hybridized carbons (Fsp3) is 0.250. The second-order valence-electron chi connectivity index (χ2n) is 3.86. The number of hydrogen-bond acceptors (Lipinski definition) is 2. The molecule has 0 spiro atoms. The smallest absolute Gasteiger partial charge is 0.163 e. The molecule has 0 aliphatic carbocycles. The van der Waals surface area contributed by atoms with Crippen LogP contribution in [0.2, 0.25) is 0 Å². The molecule has 18 heavy (non-hydrogen) atoms. The molecule has 0 amide bonds. The molecule has 0 atom stereocenters. The Balaban J connectivity index is 0.00000162. The van der Waals surface area contributed by atoms with Crippen LogP contribution >= 0.6 is 12.4 Å². The van der Waals surface area contributed by atoms with Crippen LogP contribution in [-0.4, -0.2) is 9.78 Å². The molecular weight excluding hydrogens is 260 g/mol. The fourth-order valence-corrected chi connectivity index (χ4v) is 1.52. The van der Waals surface area contributed by atoms with Crippen LogP contribution in [0.4, 0.5) is 14.6 Å². The van der Waals surface area contributed by atoms with Gasteiger partial charge in [0, 0.05) is 30.9 Å². The molecule has 1 aromatic carbocycles. The highest BCUT2D eigenvalue weighted by Gasteiger charge is 2.08. The van der Waals surface area contributed by atoms with E-state index in [0.29, 0.717) is 5.82 Å². The number of benzene rings is 1. The fourth-order valence-electron chi connectivity index (χ4n) is 1.52. The Hall–Kier alpha value is -1.62. The van der Waals surface area contributed by atoms with E-state index in [9.17, 15) is 8.78 Å². The van der Waals surface area contributed by atoms with Gasteiger partial charge in [0.25, 0.3) is 0 Å². The molecular formula is C12H14ClF2N3. The van der Waals surface area contributed by atoms with Crippen LogP contribution in [0, 0.1) is 18.6 Å². The molecule has 0 saturated heterocycles. The summed E-state index contributed by atoms with van der Waals surface area (Å²) in [4.78, 5) is 0. The van der Waals surface area contributed by atoms with Gasteiger partial charge in [-0.05, 0) is 13.0 Å². The topological polar surface area (TPSA) is 29.9 Å². The summed E-state index contributed by atoms with van der Waals surface area (Å²) in [5.41, 5.74) is 1.28. The second-order valence-corrected chi connectivity index (χ2v) is 3.86. The van der Waals surface area contributed by atoms with Gasteiger partial charge >= 0.3 is 0 Å². The molecule has 1 heterocycles. The van der Waals surface area contributed by atoms with Gasteiger partial charge in [0.05, 0.1) is 0 Å². The van der Waals surface area contributed by atoms with Crippen LogP contribution in [-0.2, 0) is 13.6 Å². The molecule has 3 nitrogen and oxygen atoms in total. The number of nitrogens with one attached hydrogen (secondary N) is 1. The van der Waals surface area contributed by atoms with Crippen LogP contribution in [0.3, 0.4) is 0 Å². The Labute approximate surface area is 110 Å². The summed E-state index contributed by atoms with van der Waals surface area (Å²) in [5, 5.41) is 7.12. The first-order valence-corrected chi connectivity index (χ1v) is 5.25. The quantitative estimate of drug-likeness (QED) is 0.932. The maximum Gasteiger partial charge on any atom is 0.163 e. The average molecular weight is 274 g/mol. The second kappa shape index (κ2) is 5.82. The SMILES string of the molecule is Cc1cc(NCc2cccc(F)c2F)nn1C.Cl. The summed E-state index contributed by atoms with van der Waals surface area (Å²) in [7, 11) is 1.82. The number of hydrogen-bond donors (Lipinski definition) is 1. The highest BCUT2D eigenvalue weighted by atomic mass is 35.5. The number of halogens is 3. The van der Waals surface area contributed by atoms with Crippen LogP contribution in [0.5, 0.6) is 0 Å². The Morgan fingerprint density at radius 3 is 2.67 bits per heavy atom. The van der Waals surface area contributed by atoms with E-state index in [0.717, 1.165) is 11.8 Å². The Morgan fingerprint density at radius 1 is 1.33 bits per heavy atom. The zero-order chi connectivity index (χ0) is 12.4. The third-order valence-corrected chi connectivity index (χ3v) is 2.61. The maximum atomic E-state index is 13.3. The lowest BCUT2D eigenvalue weighted by atomic mass is 10.2. The van der Waals surface area contributed by atoms with Gasteiger partial charge in [-0.1, -0.05) is 12.1 Å². The number of anilines is 1. The van der Waals surface area contributed by atoms with Gasteiger partial charge in [-0.15, -0.1) is 12.4 Å². The molecule has 0 saturated carbocycles. The van der Waals surface area contributed by atoms with Gasteiger partial charge in [-0.25, -0.2) is 8.78 Å². The van der Waals surface area contributed by atoms with Crippen molar-refractivity contribution in [3.05, 3.63) is 47.2 Å². The van der Waals surface area contributed by atoms with Gasteiger partial charge < -0.3 is 5.32 Å². The maximum absolute atomic E-state index is 13.3. The number of aryl methyl sites for hydroxylation is 2. The molecule has 0 unspecified atom stereocenters. The van der Waals surface area contributed by atoms with Gasteiger partial charge in [0.15, 0.2) is 11.6 Å². The molecule has 98 valence electrons. The lowest BCUT2D eigenvalue weighted by Gasteiger charge is -2.04. The Kier molecular flexibility index (Phi) is 4.67. The molecule has 0 aliphatic heterocycles. The first-order chi connectivity index (χ1) is 8.08. The van der Waals surface area contributed by atoms with Gasteiger partial charge in [0.2, 0.25) is 0 Å². The van der Waals surface area contributed by atoms with Crippen molar-refractivity contribution in [2.45, 2.75) is 13.5 Å². The zero-order valence-corrected chi connectivity index (χ0v) is 10.9. The zero-order valence-electron chi connectivity index (χ0n) is 10.1. The van der Waals surface area contributed by atoms with E-state index < -0.39 is 11.6 Å². The molecule has 6 heteroatoms. The standard InChI is InChI=1S/C12H13F2N3.ClH/c1-8-6-11(16-17(8)2)15-7-9-4-3-5-10(13)12(9)14;/h3-6H,7H2,1-2H3,(H,15,16);1H. The minimum Gasteiger partial charge on any atom is -0.364 e. The van der Waals surface area contributed by atoms with Crippen LogP contribution in [0.25, 0.3) is 0 Å². The van der Waals surface area contributed by atoms with E-state index in [2.05, 4.69) is 10.4 Å². The third-order valence-electron chi connectivity index (χ3n) is 2.61. The highest BCUT2D eigenvalue weighted by molar-refractivity contribution is 5.85. The highest BCUT2D eigenvalue weighted by Crippen LogP contribution is 2.14. The lowest BCUT2D eigenvalue weighted by Crippen LogP contribution is -2.04. The average Bonchev–Trinajstić information content (AvgIpc) is 2.61. The summed E-state index contributed by atoms with van der Waals surface area (Å²) >= 11 is 0. The van der Waals surface area contributed by atoms with E-state index in [4.69, 9.17) is 0 Å². The van der Waals surface area contributed by atoms with Crippen LogP contribution in [0.1, 0.15) is 11.3 Å². The Morgan fingerprint density at radius 2 is 2.06 bits per heavy atom. The number of aromatic nitrogens is 2. The summed E-state index contributed by atoms with van der Waals surface area (Å²) in [5.74, 6) is -0.997. The molecule has 2 rings (SSSR count). The predicted octanol–water partition coefficient (Wildman–Crippen LogP) is 3.04. The monoisotopic (exact) mass is 273 g/mol. The minimum absolute atomic E-state index is 0. The first kappa shape index (κ1) is 14.4. The summed E-state index contributed by atoms with van der Waals surface area (Å²) in [6.45, 7) is 2.13. The summed E-state index contributed by atoms with van der Waals surface area (Å²) < 4.78 is 28.0. The molecule has 0 radical (unpaired) electrons. The summed E-state index contributed by atoms with van der Waals surface area (Å²) in [6, 6.07) is 5.97. The molecule has 1 N–H and O–H groups in total. The van der Waals surface area contributed by atoms with Crippen molar-refractivity contribution in [3.8, 4) is 0 Å². The van der Waals surface area contributed by atoms with E-state index in [1.807, 2.05) is 20.0 Å². The molecule has 0 aliphatic rings. The van der Waals surface area contributed by atoms with Crippen molar-refractivity contribution in [3.63, 3.8) is 0 Å². The van der Waals surface area contributed by atoms with Crippen LogP contribution in [0.15, 0.2) is 24.3 Å². The lowest BCUT2D eigenvalue weighted by molar-refractivity contribution is 0.500. The van der Waals surface area contributed by atoms with Crippen LogP contribution < -0.4 is 5.32 Å². The number of rotatable bonds is 3. The molecule has 2 aromatic rings. The van der Waals surface area contributed by atoms with E-state index in [1.165, 1.54) is 6.07 Å². The summed E-state index contributed by atoms with van der Waals surface area (Å²) in [6.07, 6.45) is 0. The minimum atomic E-state index is -0.832. The van der Waals surface area contributed by atoms with E-state index in [-0.39, 0.29) is 24.5 Å². The molecule has 1 aromatic heterocycles. The predicted molar refractivity (Wildman–Crippen MR) is 68.9 cm³/mol. The third kappa shape index (κ3) is 2.98. The first-order valence-electron chi connectivity index (χ1n) is 5.25. The van der Waals surface area contributed by atoms with Crippen molar-refractivity contribution in [2.75, 3.05) is 5.32 Å². The molecule has 0 bridgehead atoms. The van der Waals surface area contributed by atoms with Crippen molar-refractivity contribution in [1.29, 1.82) is 0 Å². The normalized spacial score (nSPS) is 10.0. The van der Waals surface area contributed by atoms with E-state index >= 15 is 0 Å². The van der Waals surface area contributed by atoms with Crippen molar-refractivity contribution in [1.82, 2.24) is 9.78 Å². The van der Waals surface area contributed by atoms with E-state index in [1.54, 1.807) is 10.7 Å². The number of nitrogens with zero attached hydrogens (tertiary/aromatic N) is 2. The van der Waals surface area contributed by atoms with Gasteiger partial charge in [0.1, 0.15) is 5.82 Å².